The SMILES string of the molecule is COc1ccc2c(=O)cc(C(=O)Nc3cnn(Cc4cccc(C)c4)c3)oc2c1. The zero-order chi connectivity index (χ0) is 20.4. The van der Waals surface area contributed by atoms with Crippen molar-refractivity contribution in [3.63, 3.8) is 0 Å². The highest BCUT2D eigenvalue weighted by Crippen LogP contribution is 2.20. The van der Waals surface area contributed by atoms with Crippen molar-refractivity contribution in [2.24, 2.45) is 0 Å². The minimum Gasteiger partial charge on any atom is -0.497 e. The number of anilines is 1. The first-order valence-corrected chi connectivity index (χ1v) is 9.03. The quantitative estimate of drug-likeness (QED) is 0.564. The average molecular weight is 389 g/mol. The molecule has 2 aromatic heterocycles. The van der Waals surface area contributed by atoms with Gasteiger partial charge >= 0.3 is 0 Å². The molecule has 7 nitrogen and oxygen atoms in total. The van der Waals surface area contributed by atoms with Crippen molar-refractivity contribution in [1.82, 2.24) is 9.78 Å². The smallest absolute Gasteiger partial charge is 0.291 e. The van der Waals surface area contributed by atoms with E-state index in [-0.39, 0.29) is 16.8 Å². The molecule has 0 aliphatic heterocycles. The van der Waals surface area contributed by atoms with Crippen LogP contribution in [-0.2, 0) is 6.54 Å². The number of carbonyl (C=O) groups is 1. The molecule has 0 bridgehead atoms. The Balaban J connectivity index is 1.53. The lowest BCUT2D eigenvalue weighted by Crippen LogP contribution is -2.14. The number of aryl methyl sites for hydroxylation is 1. The first-order chi connectivity index (χ1) is 14.0. The molecular formula is C22H19N3O4. The molecule has 0 aliphatic carbocycles. The summed E-state index contributed by atoms with van der Waals surface area (Å²) in [7, 11) is 1.52. The van der Waals surface area contributed by atoms with Crippen LogP contribution in [0.1, 0.15) is 21.7 Å². The zero-order valence-electron chi connectivity index (χ0n) is 16.0. The van der Waals surface area contributed by atoms with Crippen molar-refractivity contribution >= 4 is 22.6 Å². The van der Waals surface area contributed by atoms with Crippen molar-refractivity contribution in [2.45, 2.75) is 13.5 Å². The number of carbonyl (C=O) groups excluding carboxylic acids is 1. The lowest BCUT2D eigenvalue weighted by atomic mass is 10.1. The van der Waals surface area contributed by atoms with Crippen LogP contribution in [0.3, 0.4) is 0 Å². The van der Waals surface area contributed by atoms with E-state index in [0.717, 1.165) is 5.56 Å². The molecule has 1 amide bonds. The molecule has 0 saturated heterocycles. The molecule has 0 atom stereocenters. The topological polar surface area (TPSA) is 86.4 Å². The molecule has 4 rings (SSSR count). The number of nitrogens with zero attached hydrogens (tertiary/aromatic N) is 2. The van der Waals surface area contributed by atoms with Gasteiger partial charge in [-0.15, -0.1) is 0 Å². The van der Waals surface area contributed by atoms with E-state index in [0.29, 0.717) is 23.4 Å². The van der Waals surface area contributed by atoms with E-state index >= 15 is 0 Å². The number of benzene rings is 2. The molecule has 1 N–H and O–H groups in total. The van der Waals surface area contributed by atoms with Crippen molar-refractivity contribution in [2.75, 3.05) is 12.4 Å². The maximum atomic E-state index is 12.6. The Hall–Kier alpha value is -3.87. The van der Waals surface area contributed by atoms with E-state index in [1.807, 2.05) is 25.1 Å². The second-order valence-corrected chi connectivity index (χ2v) is 6.71. The van der Waals surface area contributed by atoms with Crippen LogP contribution < -0.4 is 15.5 Å². The summed E-state index contributed by atoms with van der Waals surface area (Å²) in [6, 6.07) is 14.2. The normalized spacial score (nSPS) is 10.8. The van der Waals surface area contributed by atoms with Crippen LogP contribution in [0.15, 0.2) is 70.1 Å². The summed E-state index contributed by atoms with van der Waals surface area (Å²) >= 11 is 0. The molecule has 29 heavy (non-hydrogen) atoms. The number of aromatic nitrogens is 2. The molecule has 0 fully saturated rings. The molecule has 2 aromatic carbocycles. The maximum Gasteiger partial charge on any atom is 0.291 e. The Morgan fingerprint density at radius 2 is 2.07 bits per heavy atom. The molecule has 7 heteroatoms. The molecule has 4 aromatic rings. The molecule has 0 saturated carbocycles. The number of hydrogen-bond acceptors (Lipinski definition) is 5. The number of methoxy groups -OCH3 is 1. The van der Waals surface area contributed by atoms with Crippen molar-refractivity contribution in [3.8, 4) is 5.75 Å². The van der Waals surface area contributed by atoms with Crippen LogP contribution in [0, 0.1) is 6.92 Å². The van der Waals surface area contributed by atoms with Crippen molar-refractivity contribution in [1.29, 1.82) is 0 Å². The van der Waals surface area contributed by atoms with Crippen LogP contribution in [0.5, 0.6) is 5.75 Å². The summed E-state index contributed by atoms with van der Waals surface area (Å²) in [6.45, 7) is 2.62. The van der Waals surface area contributed by atoms with E-state index in [4.69, 9.17) is 9.15 Å². The van der Waals surface area contributed by atoms with Gasteiger partial charge in [-0.1, -0.05) is 29.8 Å². The van der Waals surface area contributed by atoms with E-state index in [9.17, 15) is 9.59 Å². The molecule has 146 valence electrons. The third kappa shape index (κ3) is 4.03. The number of nitrogens with one attached hydrogen (secondary N) is 1. The highest BCUT2D eigenvalue weighted by molar-refractivity contribution is 6.02. The third-order valence-electron chi connectivity index (χ3n) is 4.48. The Morgan fingerprint density at radius 1 is 1.21 bits per heavy atom. The average Bonchev–Trinajstić information content (AvgIpc) is 3.14. The van der Waals surface area contributed by atoms with Crippen LogP contribution in [0.4, 0.5) is 5.69 Å². The first-order valence-electron chi connectivity index (χ1n) is 9.03. The number of rotatable bonds is 5. The third-order valence-corrected chi connectivity index (χ3v) is 4.48. The minimum atomic E-state index is -0.526. The van der Waals surface area contributed by atoms with Crippen LogP contribution in [-0.4, -0.2) is 22.8 Å². The van der Waals surface area contributed by atoms with Crippen molar-refractivity contribution < 1.29 is 13.9 Å². The lowest BCUT2D eigenvalue weighted by Gasteiger charge is -2.05. The predicted octanol–water partition coefficient (Wildman–Crippen LogP) is 3.61. The predicted molar refractivity (Wildman–Crippen MR) is 109 cm³/mol. The monoisotopic (exact) mass is 389 g/mol. The molecule has 0 unspecified atom stereocenters. The van der Waals surface area contributed by atoms with Gasteiger partial charge in [-0.25, -0.2) is 0 Å². The summed E-state index contributed by atoms with van der Waals surface area (Å²) in [5, 5.41) is 7.36. The number of amides is 1. The zero-order valence-corrected chi connectivity index (χ0v) is 16.0. The minimum absolute atomic E-state index is 0.0813. The molecule has 0 radical (unpaired) electrons. The van der Waals surface area contributed by atoms with Gasteiger partial charge in [0.15, 0.2) is 11.2 Å². The van der Waals surface area contributed by atoms with Gasteiger partial charge in [0.25, 0.3) is 5.91 Å². The number of hydrogen-bond donors (Lipinski definition) is 1. The highest BCUT2D eigenvalue weighted by atomic mass is 16.5. The van der Waals surface area contributed by atoms with Crippen LogP contribution in [0.2, 0.25) is 0 Å². The summed E-state index contributed by atoms with van der Waals surface area (Å²) in [5.41, 5.74) is 2.79. The Morgan fingerprint density at radius 3 is 2.86 bits per heavy atom. The largest absolute Gasteiger partial charge is 0.497 e. The van der Waals surface area contributed by atoms with Crippen molar-refractivity contribution in [3.05, 3.63) is 88.0 Å². The summed E-state index contributed by atoms with van der Waals surface area (Å²) < 4.78 is 12.5. The molecular weight excluding hydrogens is 370 g/mol. The van der Waals surface area contributed by atoms with E-state index < -0.39 is 5.91 Å². The molecule has 0 spiro atoms. The second kappa shape index (κ2) is 7.63. The van der Waals surface area contributed by atoms with Gasteiger partial charge in [0, 0.05) is 18.3 Å². The molecule has 0 aliphatic rings. The Bertz CT molecular complexity index is 1260. The summed E-state index contributed by atoms with van der Waals surface area (Å²) in [4.78, 5) is 24.9. The summed E-state index contributed by atoms with van der Waals surface area (Å²) in [6.07, 6.45) is 3.28. The molecule has 2 heterocycles. The Kier molecular flexibility index (Phi) is 4.87. The lowest BCUT2D eigenvalue weighted by molar-refractivity contribution is 0.0997. The standard InChI is InChI=1S/C22H19N3O4/c1-14-4-3-5-15(8-14)12-25-13-16(11-23-25)24-22(27)21-10-19(26)18-7-6-17(28-2)9-20(18)29-21/h3-11,13H,12H2,1-2H3,(H,24,27). The second-order valence-electron chi connectivity index (χ2n) is 6.71. The van der Waals surface area contributed by atoms with Gasteiger partial charge in [-0.3, -0.25) is 14.3 Å². The van der Waals surface area contributed by atoms with Gasteiger partial charge in [-0.05, 0) is 24.6 Å². The fourth-order valence-electron chi connectivity index (χ4n) is 3.08. The van der Waals surface area contributed by atoms with Gasteiger partial charge < -0.3 is 14.5 Å². The fraction of sp³-hybridized carbons (Fsp3) is 0.136. The number of ether oxygens (including phenoxy) is 1. The maximum absolute atomic E-state index is 12.6. The van der Waals surface area contributed by atoms with Crippen LogP contribution in [0.25, 0.3) is 11.0 Å². The van der Waals surface area contributed by atoms with Crippen LogP contribution >= 0.6 is 0 Å². The summed E-state index contributed by atoms with van der Waals surface area (Å²) in [5.74, 6) is -0.0697. The van der Waals surface area contributed by atoms with Gasteiger partial charge in [0.2, 0.25) is 0 Å². The number of fused-ring (bicyclic) bond motifs is 1. The first kappa shape index (κ1) is 18.5. The Labute approximate surface area is 166 Å². The fourth-order valence-corrected chi connectivity index (χ4v) is 3.08. The highest BCUT2D eigenvalue weighted by Gasteiger charge is 2.14. The van der Waals surface area contributed by atoms with Gasteiger partial charge in [0.1, 0.15) is 11.3 Å². The van der Waals surface area contributed by atoms with Gasteiger partial charge in [0.05, 0.1) is 30.9 Å². The van der Waals surface area contributed by atoms with E-state index in [2.05, 4.69) is 16.5 Å². The van der Waals surface area contributed by atoms with E-state index in [1.54, 1.807) is 35.3 Å². The van der Waals surface area contributed by atoms with E-state index in [1.165, 1.54) is 18.7 Å². The van der Waals surface area contributed by atoms with Gasteiger partial charge in [-0.2, -0.15) is 5.10 Å².